The lowest BCUT2D eigenvalue weighted by Gasteiger charge is -2.17. The Labute approximate surface area is 97.7 Å². The van der Waals surface area contributed by atoms with E-state index in [2.05, 4.69) is 11.9 Å². The molecule has 0 radical (unpaired) electrons. The van der Waals surface area contributed by atoms with Gasteiger partial charge in [-0.05, 0) is 30.7 Å². The molecule has 3 rings (SSSR count). The van der Waals surface area contributed by atoms with Gasteiger partial charge in [-0.3, -0.25) is 4.79 Å². The molecule has 4 heteroatoms. The molecule has 2 aromatic rings. The number of rotatable bonds is 0. The number of fused-ring (bicyclic) bond motifs is 3. The summed E-state index contributed by atoms with van der Waals surface area (Å²) in [5.74, 6) is 0.740. The molecule has 0 saturated heterocycles. The Morgan fingerprint density at radius 2 is 2.38 bits per heavy atom. The molecule has 2 aromatic heterocycles. The van der Waals surface area contributed by atoms with E-state index in [0.717, 1.165) is 29.0 Å². The van der Waals surface area contributed by atoms with Gasteiger partial charge < -0.3 is 4.57 Å². The van der Waals surface area contributed by atoms with E-state index in [-0.39, 0.29) is 5.56 Å². The van der Waals surface area contributed by atoms with Crippen LogP contribution in [-0.2, 0) is 19.9 Å². The Kier molecular flexibility index (Phi) is 2.14. The molecule has 0 aromatic carbocycles. The predicted octanol–water partition coefficient (Wildman–Crippen LogP) is 2.12. The van der Waals surface area contributed by atoms with Gasteiger partial charge in [0.15, 0.2) is 0 Å². The highest BCUT2D eigenvalue weighted by Crippen LogP contribution is 2.35. The van der Waals surface area contributed by atoms with Gasteiger partial charge >= 0.3 is 0 Å². The number of hydrogen-bond donors (Lipinski definition) is 0. The summed E-state index contributed by atoms with van der Waals surface area (Å²) in [7, 11) is 1.77. The Morgan fingerprint density at radius 3 is 3.19 bits per heavy atom. The maximum Gasteiger partial charge on any atom is 0.262 e. The molecule has 84 valence electrons. The summed E-state index contributed by atoms with van der Waals surface area (Å²) in [5, 5.41) is 0.872. The number of nitrogens with zero attached hydrogens (tertiary/aromatic N) is 2. The molecular weight excluding hydrogens is 220 g/mol. The second kappa shape index (κ2) is 3.42. The van der Waals surface area contributed by atoms with E-state index >= 15 is 0 Å². The maximum absolute atomic E-state index is 12.1. The summed E-state index contributed by atoms with van der Waals surface area (Å²) in [5.41, 5.74) is 1.38. The highest BCUT2D eigenvalue weighted by atomic mass is 32.1. The van der Waals surface area contributed by atoms with Crippen LogP contribution >= 0.6 is 11.3 Å². The average molecular weight is 234 g/mol. The van der Waals surface area contributed by atoms with E-state index in [9.17, 15) is 4.79 Å². The smallest absolute Gasteiger partial charge is 0.262 e. The molecule has 1 atom stereocenters. The molecule has 16 heavy (non-hydrogen) atoms. The fraction of sp³-hybridized carbons (Fsp3) is 0.500. The summed E-state index contributed by atoms with van der Waals surface area (Å²) in [4.78, 5) is 18.7. The molecular formula is C12H14N2OS. The highest BCUT2D eigenvalue weighted by molar-refractivity contribution is 7.18. The Balaban J connectivity index is 2.35. The van der Waals surface area contributed by atoms with Crippen LogP contribution in [0.1, 0.15) is 23.8 Å². The van der Waals surface area contributed by atoms with Crippen molar-refractivity contribution in [3.8, 4) is 0 Å². The number of hydrogen-bond acceptors (Lipinski definition) is 3. The van der Waals surface area contributed by atoms with Gasteiger partial charge in [0, 0.05) is 11.9 Å². The summed E-state index contributed by atoms with van der Waals surface area (Å²) in [6, 6.07) is 0. The van der Waals surface area contributed by atoms with E-state index < -0.39 is 0 Å². The zero-order valence-electron chi connectivity index (χ0n) is 9.49. The van der Waals surface area contributed by atoms with Crippen LogP contribution in [0.3, 0.4) is 0 Å². The molecule has 1 aliphatic carbocycles. The normalized spacial score (nSPS) is 20.0. The van der Waals surface area contributed by atoms with Crippen molar-refractivity contribution in [1.82, 2.24) is 9.55 Å². The van der Waals surface area contributed by atoms with Crippen LogP contribution in [0.15, 0.2) is 11.1 Å². The van der Waals surface area contributed by atoms with Crippen molar-refractivity contribution >= 4 is 21.6 Å². The molecule has 0 spiro atoms. The van der Waals surface area contributed by atoms with Crippen molar-refractivity contribution in [3.05, 3.63) is 27.1 Å². The van der Waals surface area contributed by atoms with Crippen molar-refractivity contribution in [2.24, 2.45) is 13.0 Å². The fourth-order valence-corrected chi connectivity index (χ4v) is 3.76. The van der Waals surface area contributed by atoms with Gasteiger partial charge in [-0.2, -0.15) is 0 Å². The molecule has 0 bridgehead atoms. The second-order valence-electron chi connectivity index (χ2n) is 4.69. The van der Waals surface area contributed by atoms with E-state index in [1.807, 2.05) is 0 Å². The van der Waals surface area contributed by atoms with Crippen molar-refractivity contribution in [1.29, 1.82) is 0 Å². The van der Waals surface area contributed by atoms with Gasteiger partial charge in [0.1, 0.15) is 4.83 Å². The summed E-state index contributed by atoms with van der Waals surface area (Å²) in [6.45, 7) is 2.28. The number of aryl methyl sites for hydroxylation is 2. The number of thiophene rings is 1. The van der Waals surface area contributed by atoms with Crippen LogP contribution in [0.4, 0.5) is 0 Å². The molecule has 0 saturated carbocycles. The van der Waals surface area contributed by atoms with Crippen LogP contribution in [0, 0.1) is 5.92 Å². The van der Waals surface area contributed by atoms with E-state index in [1.165, 1.54) is 16.9 Å². The summed E-state index contributed by atoms with van der Waals surface area (Å²) in [6.07, 6.45) is 4.96. The van der Waals surface area contributed by atoms with E-state index in [4.69, 9.17) is 0 Å². The first-order valence-electron chi connectivity index (χ1n) is 5.62. The zero-order valence-corrected chi connectivity index (χ0v) is 10.3. The molecule has 0 aliphatic heterocycles. The van der Waals surface area contributed by atoms with Gasteiger partial charge in [-0.1, -0.05) is 6.92 Å². The van der Waals surface area contributed by atoms with Gasteiger partial charge in [-0.15, -0.1) is 11.3 Å². The van der Waals surface area contributed by atoms with Crippen molar-refractivity contribution in [2.45, 2.75) is 26.2 Å². The quantitative estimate of drug-likeness (QED) is 0.700. The zero-order chi connectivity index (χ0) is 11.3. The lowest BCUT2D eigenvalue weighted by atomic mass is 9.89. The van der Waals surface area contributed by atoms with Crippen LogP contribution < -0.4 is 5.56 Å². The predicted molar refractivity (Wildman–Crippen MR) is 66.1 cm³/mol. The maximum atomic E-state index is 12.1. The molecule has 3 nitrogen and oxygen atoms in total. The third kappa shape index (κ3) is 1.33. The first kappa shape index (κ1) is 10.0. The van der Waals surface area contributed by atoms with Crippen molar-refractivity contribution in [3.63, 3.8) is 0 Å². The Morgan fingerprint density at radius 1 is 1.56 bits per heavy atom. The van der Waals surface area contributed by atoms with Gasteiger partial charge in [-0.25, -0.2) is 4.98 Å². The molecule has 0 amide bonds. The number of aromatic nitrogens is 2. The van der Waals surface area contributed by atoms with Crippen LogP contribution in [0.5, 0.6) is 0 Å². The van der Waals surface area contributed by atoms with Crippen molar-refractivity contribution in [2.75, 3.05) is 0 Å². The third-order valence-electron chi connectivity index (χ3n) is 3.38. The highest BCUT2D eigenvalue weighted by Gasteiger charge is 2.22. The minimum atomic E-state index is 0.108. The average Bonchev–Trinajstić information content (AvgIpc) is 2.61. The summed E-state index contributed by atoms with van der Waals surface area (Å²) >= 11 is 1.70. The van der Waals surface area contributed by atoms with E-state index in [0.29, 0.717) is 0 Å². The minimum Gasteiger partial charge on any atom is -0.302 e. The Hall–Kier alpha value is -1.16. The van der Waals surface area contributed by atoms with E-state index in [1.54, 1.807) is 29.3 Å². The fourth-order valence-electron chi connectivity index (χ4n) is 2.42. The monoisotopic (exact) mass is 234 g/mol. The lowest BCUT2D eigenvalue weighted by molar-refractivity contribution is 0.509. The molecule has 2 heterocycles. The molecule has 0 fully saturated rings. The van der Waals surface area contributed by atoms with Crippen LogP contribution in [-0.4, -0.2) is 9.55 Å². The Bertz CT molecular complexity index is 611. The SMILES string of the molecule is CC1CCc2c(sc3ncn(C)c(=O)c23)C1. The van der Waals surface area contributed by atoms with Gasteiger partial charge in [0.25, 0.3) is 5.56 Å². The second-order valence-corrected chi connectivity index (χ2v) is 5.78. The molecule has 1 unspecified atom stereocenters. The first-order valence-corrected chi connectivity index (χ1v) is 6.44. The lowest BCUT2D eigenvalue weighted by Crippen LogP contribution is -2.18. The topological polar surface area (TPSA) is 34.9 Å². The van der Waals surface area contributed by atoms with Crippen LogP contribution in [0.25, 0.3) is 10.2 Å². The third-order valence-corrected chi connectivity index (χ3v) is 4.54. The first-order chi connectivity index (χ1) is 7.66. The minimum absolute atomic E-state index is 0.108. The standard InChI is InChI=1S/C12H14N2OS/c1-7-3-4-8-9(5-7)16-11-10(8)12(15)14(2)6-13-11/h6-7H,3-5H2,1-2H3. The molecule has 0 N–H and O–H groups in total. The van der Waals surface area contributed by atoms with Gasteiger partial charge in [0.05, 0.1) is 11.7 Å². The van der Waals surface area contributed by atoms with Gasteiger partial charge in [0.2, 0.25) is 0 Å². The summed E-state index contributed by atoms with van der Waals surface area (Å²) < 4.78 is 1.58. The molecule has 1 aliphatic rings. The largest absolute Gasteiger partial charge is 0.302 e. The van der Waals surface area contributed by atoms with Crippen LogP contribution in [0.2, 0.25) is 0 Å². The van der Waals surface area contributed by atoms with Crippen molar-refractivity contribution < 1.29 is 0 Å².